The quantitative estimate of drug-likeness (QED) is 0.540. The van der Waals surface area contributed by atoms with E-state index in [1.165, 1.54) is 0 Å². The molecule has 1 aliphatic heterocycles. The van der Waals surface area contributed by atoms with Crippen molar-refractivity contribution in [3.05, 3.63) is 0 Å². The van der Waals surface area contributed by atoms with Gasteiger partial charge in [0.25, 0.3) is 0 Å². The van der Waals surface area contributed by atoms with E-state index in [1.807, 2.05) is 0 Å². The van der Waals surface area contributed by atoms with Gasteiger partial charge in [0.05, 0.1) is 11.5 Å². The van der Waals surface area contributed by atoms with Crippen LogP contribution in [-0.4, -0.2) is 42.9 Å². The Hall–Kier alpha value is -1.11. The van der Waals surface area contributed by atoms with Crippen LogP contribution in [-0.2, 0) is 19.4 Å². The molecule has 0 aromatic carbocycles. The van der Waals surface area contributed by atoms with Crippen LogP contribution in [0, 0.1) is 0 Å². The summed E-state index contributed by atoms with van der Waals surface area (Å²) in [6.07, 6.45) is 0.977. The smallest absolute Gasteiger partial charge is 0.394 e. The van der Waals surface area contributed by atoms with Gasteiger partial charge >= 0.3 is 11.9 Å². The van der Waals surface area contributed by atoms with Gasteiger partial charge in [-0.2, -0.15) is 0 Å². The lowest BCUT2D eigenvalue weighted by atomic mass is 10.2. The van der Waals surface area contributed by atoms with Gasteiger partial charge in [-0.1, -0.05) is 0 Å². The van der Waals surface area contributed by atoms with Crippen LogP contribution in [0.1, 0.15) is 12.8 Å². The molecule has 0 aromatic rings. The van der Waals surface area contributed by atoms with Gasteiger partial charge in [0.1, 0.15) is 0 Å². The van der Waals surface area contributed by atoms with Crippen LogP contribution in [0.25, 0.3) is 0 Å². The second-order valence-electron chi connectivity index (χ2n) is 3.23. The lowest BCUT2D eigenvalue weighted by Crippen LogP contribution is -2.45. The summed E-state index contributed by atoms with van der Waals surface area (Å²) in [6.45, 7) is 0. The first kappa shape index (κ1) is 11.0. The Labute approximate surface area is 81.2 Å². The van der Waals surface area contributed by atoms with Crippen LogP contribution in [0.4, 0.5) is 0 Å². The van der Waals surface area contributed by atoms with Crippen molar-refractivity contribution >= 4 is 21.7 Å². The van der Waals surface area contributed by atoms with Crippen molar-refractivity contribution < 1.29 is 23.1 Å². The van der Waals surface area contributed by atoms with Gasteiger partial charge in [-0.3, -0.25) is 4.79 Å². The minimum absolute atomic E-state index is 0.118. The minimum Gasteiger partial charge on any atom is -0.474 e. The Balaban J connectivity index is 2.54. The highest BCUT2D eigenvalue weighted by molar-refractivity contribution is 7.91. The Morgan fingerprint density at radius 3 is 2.50 bits per heavy atom. The zero-order chi connectivity index (χ0) is 10.8. The summed E-state index contributed by atoms with van der Waals surface area (Å²) in [7, 11) is -3.11. The molecule has 0 spiro atoms. The molecule has 7 heteroatoms. The van der Waals surface area contributed by atoms with Crippen LogP contribution in [0.3, 0.4) is 0 Å². The van der Waals surface area contributed by atoms with E-state index in [9.17, 15) is 18.0 Å². The van der Waals surface area contributed by atoms with Crippen LogP contribution in [0.2, 0.25) is 0 Å². The summed E-state index contributed by atoms with van der Waals surface area (Å²) in [4.78, 5) is 20.9. The van der Waals surface area contributed by atoms with Crippen molar-refractivity contribution in [1.82, 2.24) is 5.32 Å². The first-order valence-electron chi connectivity index (χ1n) is 4.15. The van der Waals surface area contributed by atoms with Crippen molar-refractivity contribution in [3.8, 4) is 0 Å². The number of carboxylic acid groups (broad SMARTS) is 1. The summed E-state index contributed by atoms with van der Waals surface area (Å²) >= 11 is 0. The number of aliphatic carboxylic acids is 1. The average Bonchev–Trinajstić information content (AvgIpc) is 2.01. The minimum atomic E-state index is -3.11. The first-order valence-corrected chi connectivity index (χ1v) is 5.97. The predicted octanol–water partition coefficient (Wildman–Crippen LogP) is -1.24. The van der Waals surface area contributed by atoms with Crippen LogP contribution >= 0.6 is 0 Å². The largest absolute Gasteiger partial charge is 0.474 e. The molecule has 1 atom stereocenters. The molecular formula is C7H11NO5S. The third-order valence-corrected chi connectivity index (χ3v) is 3.81. The van der Waals surface area contributed by atoms with E-state index < -0.39 is 27.8 Å². The van der Waals surface area contributed by atoms with Gasteiger partial charge in [0.15, 0.2) is 9.84 Å². The van der Waals surface area contributed by atoms with Crippen LogP contribution in [0.5, 0.6) is 0 Å². The highest BCUT2D eigenvalue weighted by atomic mass is 32.2. The summed E-state index contributed by atoms with van der Waals surface area (Å²) < 4.78 is 22.2. The third kappa shape index (κ3) is 2.99. The Morgan fingerprint density at radius 2 is 2.00 bits per heavy atom. The number of carboxylic acids is 1. The van der Waals surface area contributed by atoms with E-state index in [0.29, 0.717) is 12.8 Å². The zero-order valence-electron chi connectivity index (χ0n) is 7.39. The first-order chi connectivity index (χ1) is 6.41. The van der Waals surface area contributed by atoms with Gasteiger partial charge in [-0.15, -0.1) is 0 Å². The maximum atomic E-state index is 11.1. The number of amides is 1. The molecule has 1 saturated heterocycles. The lowest BCUT2D eigenvalue weighted by molar-refractivity contribution is -0.150. The molecule has 14 heavy (non-hydrogen) atoms. The molecule has 0 aliphatic carbocycles. The van der Waals surface area contributed by atoms with Gasteiger partial charge in [0.2, 0.25) is 0 Å². The van der Waals surface area contributed by atoms with Crippen LogP contribution in [0.15, 0.2) is 0 Å². The molecule has 1 heterocycles. The van der Waals surface area contributed by atoms with E-state index in [4.69, 9.17) is 5.11 Å². The second kappa shape index (κ2) is 3.95. The summed E-state index contributed by atoms with van der Waals surface area (Å²) in [5.41, 5.74) is 0. The highest BCUT2D eigenvalue weighted by Gasteiger charge is 2.27. The molecule has 1 fully saturated rings. The maximum absolute atomic E-state index is 11.1. The monoisotopic (exact) mass is 221 g/mol. The molecule has 80 valence electrons. The SMILES string of the molecule is O=C(O)C(=O)NC1CCCS(=O)(=O)C1. The van der Waals surface area contributed by atoms with E-state index in [2.05, 4.69) is 5.32 Å². The average molecular weight is 221 g/mol. The van der Waals surface area contributed by atoms with E-state index in [-0.39, 0.29) is 11.5 Å². The van der Waals surface area contributed by atoms with Gasteiger partial charge in [-0.25, -0.2) is 13.2 Å². The van der Waals surface area contributed by atoms with Crippen molar-refractivity contribution in [1.29, 1.82) is 0 Å². The fourth-order valence-corrected chi connectivity index (χ4v) is 3.02. The number of hydrogen-bond donors (Lipinski definition) is 2. The molecule has 0 bridgehead atoms. The van der Waals surface area contributed by atoms with Gasteiger partial charge in [-0.05, 0) is 12.8 Å². The summed E-state index contributed by atoms with van der Waals surface area (Å²) in [6, 6.07) is -0.558. The summed E-state index contributed by atoms with van der Waals surface area (Å²) in [5.74, 6) is -2.78. The maximum Gasteiger partial charge on any atom is 0.394 e. The van der Waals surface area contributed by atoms with Crippen molar-refractivity contribution in [2.75, 3.05) is 11.5 Å². The fourth-order valence-electron chi connectivity index (χ4n) is 1.38. The number of rotatable bonds is 1. The number of nitrogens with one attached hydrogen (secondary N) is 1. The molecule has 0 radical (unpaired) electrons. The second-order valence-corrected chi connectivity index (χ2v) is 5.46. The van der Waals surface area contributed by atoms with Crippen molar-refractivity contribution in [3.63, 3.8) is 0 Å². The lowest BCUT2D eigenvalue weighted by Gasteiger charge is -2.21. The number of sulfone groups is 1. The van der Waals surface area contributed by atoms with Gasteiger partial charge in [0, 0.05) is 6.04 Å². The Bertz CT molecular complexity index is 347. The molecule has 0 aromatic heterocycles. The molecule has 2 N–H and O–H groups in total. The Morgan fingerprint density at radius 1 is 1.36 bits per heavy atom. The normalized spacial score (nSPS) is 25.3. The van der Waals surface area contributed by atoms with E-state index in [1.54, 1.807) is 0 Å². The molecule has 1 rings (SSSR count). The standard InChI is InChI=1S/C7H11NO5S/c9-6(7(10)11)8-5-2-1-3-14(12,13)4-5/h5H,1-4H2,(H,8,9)(H,10,11). The molecule has 1 amide bonds. The number of carbonyl (C=O) groups excluding carboxylic acids is 1. The molecule has 1 aliphatic rings. The molecule has 1 unspecified atom stereocenters. The van der Waals surface area contributed by atoms with Crippen molar-refractivity contribution in [2.24, 2.45) is 0 Å². The van der Waals surface area contributed by atoms with Crippen molar-refractivity contribution in [2.45, 2.75) is 18.9 Å². The van der Waals surface area contributed by atoms with Gasteiger partial charge < -0.3 is 10.4 Å². The number of hydrogen-bond acceptors (Lipinski definition) is 4. The Kier molecular flexibility index (Phi) is 3.10. The molecule has 0 saturated carbocycles. The number of carbonyl (C=O) groups is 2. The third-order valence-electron chi connectivity index (χ3n) is 1.99. The summed E-state index contributed by atoms with van der Waals surface area (Å²) in [5, 5.41) is 10.4. The zero-order valence-corrected chi connectivity index (χ0v) is 8.21. The highest BCUT2D eigenvalue weighted by Crippen LogP contribution is 2.11. The van der Waals surface area contributed by atoms with E-state index in [0.717, 1.165) is 0 Å². The molecular weight excluding hydrogens is 210 g/mol. The van der Waals surface area contributed by atoms with E-state index >= 15 is 0 Å². The van der Waals surface area contributed by atoms with Crippen LogP contribution < -0.4 is 5.32 Å². The predicted molar refractivity (Wildman–Crippen MR) is 47.5 cm³/mol. The topological polar surface area (TPSA) is 101 Å². The molecule has 6 nitrogen and oxygen atoms in total. The fraction of sp³-hybridized carbons (Fsp3) is 0.714.